The standard InChI is InChI=1S/C8H13O/c1-2-4-8-7(3-1)5-6-9-8/h7H,1-6H2. The molecule has 9 heavy (non-hydrogen) atoms. The van der Waals surface area contributed by atoms with Crippen LogP contribution >= 0.6 is 0 Å². The van der Waals surface area contributed by atoms with Gasteiger partial charge >= 0.3 is 0 Å². The Morgan fingerprint density at radius 3 is 3.11 bits per heavy atom. The van der Waals surface area contributed by atoms with E-state index in [4.69, 9.17) is 4.74 Å². The molecule has 2 aliphatic rings. The van der Waals surface area contributed by atoms with Gasteiger partial charge in [-0.2, -0.15) is 0 Å². The summed E-state index contributed by atoms with van der Waals surface area (Å²) in [4.78, 5) is 0. The van der Waals surface area contributed by atoms with Crippen LogP contribution in [-0.4, -0.2) is 6.61 Å². The van der Waals surface area contributed by atoms with Gasteiger partial charge in [0.15, 0.2) is 0 Å². The maximum atomic E-state index is 5.47. The highest BCUT2D eigenvalue weighted by atomic mass is 16.5. The highest BCUT2D eigenvalue weighted by molar-refractivity contribution is 4.94. The number of ether oxygens (including phenoxy) is 1. The lowest BCUT2D eigenvalue weighted by atomic mass is 9.86. The maximum Gasteiger partial charge on any atom is 0.100 e. The molecule has 1 atom stereocenters. The Labute approximate surface area is 56.4 Å². The molecule has 51 valence electrons. The van der Waals surface area contributed by atoms with Crippen molar-refractivity contribution in [2.45, 2.75) is 32.1 Å². The Kier molecular flexibility index (Phi) is 1.46. The lowest BCUT2D eigenvalue weighted by molar-refractivity contribution is 0.161. The normalized spacial score (nSPS) is 36.7. The van der Waals surface area contributed by atoms with E-state index < -0.39 is 0 Å². The average molecular weight is 125 g/mol. The van der Waals surface area contributed by atoms with E-state index in [9.17, 15) is 0 Å². The molecule has 1 saturated heterocycles. The molecule has 0 N–H and O–H groups in total. The van der Waals surface area contributed by atoms with Crippen molar-refractivity contribution in [1.29, 1.82) is 0 Å². The SMILES string of the molecule is C1CCC2CCO[C]2C1. The summed E-state index contributed by atoms with van der Waals surface area (Å²) in [5, 5.41) is 0. The van der Waals surface area contributed by atoms with Gasteiger partial charge in [0.05, 0.1) is 0 Å². The summed E-state index contributed by atoms with van der Waals surface area (Å²) in [7, 11) is 0. The molecular weight excluding hydrogens is 112 g/mol. The van der Waals surface area contributed by atoms with Gasteiger partial charge < -0.3 is 4.74 Å². The summed E-state index contributed by atoms with van der Waals surface area (Å²) in [6, 6.07) is 0. The van der Waals surface area contributed by atoms with E-state index in [0.29, 0.717) is 0 Å². The zero-order valence-electron chi connectivity index (χ0n) is 5.73. The molecule has 1 aliphatic heterocycles. The first-order valence-corrected chi connectivity index (χ1v) is 3.95. The second-order valence-electron chi connectivity index (χ2n) is 3.05. The summed E-state index contributed by atoms with van der Waals surface area (Å²) in [5.74, 6) is 0.860. The zero-order chi connectivity index (χ0) is 6.10. The number of rotatable bonds is 0. The summed E-state index contributed by atoms with van der Waals surface area (Å²) < 4.78 is 5.47. The third-order valence-electron chi connectivity index (χ3n) is 2.43. The molecule has 0 amide bonds. The summed E-state index contributed by atoms with van der Waals surface area (Å²) >= 11 is 0. The number of hydrogen-bond acceptors (Lipinski definition) is 1. The van der Waals surface area contributed by atoms with Gasteiger partial charge in [-0.3, -0.25) is 0 Å². The first-order valence-electron chi connectivity index (χ1n) is 3.95. The van der Waals surface area contributed by atoms with Crippen LogP contribution in [0.25, 0.3) is 0 Å². The second kappa shape index (κ2) is 2.30. The van der Waals surface area contributed by atoms with Crippen LogP contribution in [0, 0.1) is 12.0 Å². The minimum Gasteiger partial charge on any atom is -0.372 e. The van der Waals surface area contributed by atoms with Crippen LogP contribution in [0.2, 0.25) is 0 Å². The van der Waals surface area contributed by atoms with E-state index in [0.717, 1.165) is 12.5 Å². The molecule has 1 heterocycles. The van der Waals surface area contributed by atoms with Crippen molar-refractivity contribution in [3.05, 3.63) is 6.10 Å². The number of hydrogen-bond donors (Lipinski definition) is 0. The van der Waals surface area contributed by atoms with E-state index in [2.05, 4.69) is 0 Å². The van der Waals surface area contributed by atoms with Crippen molar-refractivity contribution in [2.24, 2.45) is 5.92 Å². The number of fused-ring (bicyclic) bond motifs is 1. The summed E-state index contributed by atoms with van der Waals surface area (Å²) in [6.45, 7) is 1.00. The predicted molar refractivity (Wildman–Crippen MR) is 35.8 cm³/mol. The van der Waals surface area contributed by atoms with Crippen LogP contribution in [0.3, 0.4) is 0 Å². The molecule has 2 rings (SSSR count). The highest BCUT2D eigenvalue weighted by Gasteiger charge is 2.30. The van der Waals surface area contributed by atoms with Gasteiger partial charge in [0.25, 0.3) is 0 Å². The monoisotopic (exact) mass is 125 g/mol. The van der Waals surface area contributed by atoms with E-state index in [-0.39, 0.29) is 0 Å². The fourth-order valence-electron chi connectivity index (χ4n) is 1.88. The minimum atomic E-state index is 0.860. The van der Waals surface area contributed by atoms with E-state index in [1.165, 1.54) is 38.2 Å². The lowest BCUT2D eigenvalue weighted by Crippen LogP contribution is -2.11. The molecule has 0 spiro atoms. The van der Waals surface area contributed by atoms with Crippen LogP contribution in [0.15, 0.2) is 0 Å². The molecular formula is C8H13O. The van der Waals surface area contributed by atoms with Crippen LogP contribution < -0.4 is 0 Å². The zero-order valence-corrected chi connectivity index (χ0v) is 5.73. The Bertz CT molecular complexity index is 88.7. The van der Waals surface area contributed by atoms with Crippen molar-refractivity contribution >= 4 is 0 Å². The van der Waals surface area contributed by atoms with Crippen molar-refractivity contribution in [1.82, 2.24) is 0 Å². The van der Waals surface area contributed by atoms with Crippen molar-refractivity contribution < 1.29 is 4.74 Å². The summed E-state index contributed by atoms with van der Waals surface area (Å²) in [6.07, 6.45) is 8.17. The molecule has 1 aliphatic carbocycles. The van der Waals surface area contributed by atoms with Crippen molar-refractivity contribution in [3.8, 4) is 0 Å². The second-order valence-corrected chi connectivity index (χ2v) is 3.05. The van der Waals surface area contributed by atoms with Gasteiger partial charge in [-0.15, -0.1) is 0 Å². The molecule has 1 radical (unpaired) electrons. The van der Waals surface area contributed by atoms with Crippen molar-refractivity contribution in [2.75, 3.05) is 6.61 Å². The third kappa shape index (κ3) is 0.983. The lowest BCUT2D eigenvalue weighted by Gasteiger charge is -2.21. The molecule has 0 bridgehead atoms. The largest absolute Gasteiger partial charge is 0.372 e. The molecule has 0 aromatic rings. The van der Waals surface area contributed by atoms with Gasteiger partial charge in [0, 0.05) is 6.61 Å². The molecule has 1 nitrogen and oxygen atoms in total. The van der Waals surface area contributed by atoms with E-state index in [1.54, 1.807) is 0 Å². The van der Waals surface area contributed by atoms with Gasteiger partial charge in [-0.1, -0.05) is 12.8 Å². The van der Waals surface area contributed by atoms with Crippen LogP contribution in [-0.2, 0) is 4.74 Å². The Morgan fingerprint density at radius 1 is 1.22 bits per heavy atom. The smallest absolute Gasteiger partial charge is 0.100 e. The van der Waals surface area contributed by atoms with Crippen molar-refractivity contribution in [3.63, 3.8) is 0 Å². The Hall–Kier alpha value is -0.0400. The third-order valence-corrected chi connectivity index (χ3v) is 2.43. The van der Waals surface area contributed by atoms with Gasteiger partial charge in [-0.05, 0) is 25.2 Å². The van der Waals surface area contributed by atoms with Crippen LogP contribution in [0.5, 0.6) is 0 Å². The maximum absolute atomic E-state index is 5.47. The topological polar surface area (TPSA) is 9.23 Å². The molecule has 1 saturated carbocycles. The highest BCUT2D eigenvalue weighted by Crippen LogP contribution is 2.39. The fraction of sp³-hybridized carbons (Fsp3) is 0.875. The molecule has 2 fully saturated rings. The first-order chi connectivity index (χ1) is 4.47. The predicted octanol–water partition coefficient (Wildman–Crippen LogP) is 2.13. The van der Waals surface area contributed by atoms with E-state index in [1.807, 2.05) is 0 Å². The quantitative estimate of drug-likeness (QED) is 0.482. The van der Waals surface area contributed by atoms with E-state index >= 15 is 0 Å². The first kappa shape index (κ1) is 5.72. The molecule has 0 aromatic carbocycles. The van der Waals surface area contributed by atoms with Crippen LogP contribution in [0.1, 0.15) is 32.1 Å². The molecule has 0 aromatic heterocycles. The summed E-state index contributed by atoms with van der Waals surface area (Å²) in [5.41, 5.74) is 0. The van der Waals surface area contributed by atoms with Gasteiger partial charge in [0.1, 0.15) is 6.10 Å². The average Bonchev–Trinajstić information content (AvgIpc) is 2.33. The van der Waals surface area contributed by atoms with Crippen LogP contribution in [0.4, 0.5) is 0 Å². The molecule has 1 unspecified atom stereocenters. The van der Waals surface area contributed by atoms with Gasteiger partial charge in [-0.25, -0.2) is 0 Å². The fourth-order valence-corrected chi connectivity index (χ4v) is 1.88. The van der Waals surface area contributed by atoms with Gasteiger partial charge in [0.2, 0.25) is 0 Å². The Balaban J connectivity index is 1.97. The Morgan fingerprint density at radius 2 is 2.22 bits per heavy atom. The molecule has 1 heteroatoms. The minimum absolute atomic E-state index is 0.860.